The molecule has 17 heavy (non-hydrogen) atoms. The summed E-state index contributed by atoms with van der Waals surface area (Å²) in [6, 6.07) is 0. The second-order valence-electron chi connectivity index (χ2n) is 4.15. The van der Waals surface area contributed by atoms with Crippen LogP contribution in [-0.2, 0) is 11.3 Å². The number of imidazole rings is 1. The fourth-order valence-corrected chi connectivity index (χ4v) is 1.68. The van der Waals surface area contributed by atoms with Crippen molar-refractivity contribution in [3.05, 3.63) is 12.4 Å². The zero-order chi connectivity index (χ0) is 12.7. The Morgan fingerprint density at radius 3 is 2.88 bits per heavy atom. The quantitative estimate of drug-likeness (QED) is 0.743. The summed E-state index contributed by atoms with van der Waals surface area (Å²) in [7, 11) is 3.86. The molecule has 0 spiro atoms. The van der Waals surface area contributed by atoms with Crippen LogP contribution in [0.5, 0.6) is 0 Å². The third-order valence-corrected chi connectivity index (χ3v) is 2.84. The third-order valence-electron chi connectivity index (χ3n) is 2.84. The highest BCUT2D eigenvalue weighted by Gasteiger charge is 2.12. The first kappa shape index (κ1) is 14.0. The van der Waals surface area contributed by atoms with E-state index in [1.54, 1.807) is 7.11 Å². The van der Waals surface area contributed by atoms with E-state index in [1.807, 2.05) is 12.4 Å². The lowest BCUT2D eigenvalue weighted by atomic mass is 10.3. The molecule has 0 saturated heterocycles. The molecule has 5 heteroatoms. The first-order valence-electron chi connectivity index (χ1n) is 6.17. The average Bonchev–Trinajstić information content (AvgIpc) is 2.76. The summed E-state index contributed by atoms with van der Waals surface area (Å²) < 4.78 is 7.61. The van der Waals surface area contributed by atoms with Crippen LogP contribution in [-0.4, -0.2) is 54.3 Å². The predicted molar refractivity (Wildman–Crippen MR) is 70.4 cm³/mol. The van der Waals surface area contributed by atoms with E-state index in [-0.39, 0.29) is 6.10 Å². The van der Waals surface area contributed by atoms with E-state index in [2.05, 4.69) is 40.7 Å². The molecule has 98 valence electrons. The smallest absolute Gasteiger partial charge is 0.202 e. The van der Waals surface area contributed by atoms with Crippen molar-refractivity contribution in [1.29, 1.82) is 0 Å². The Labute approximate surface area is 104 Å². The highest BCUT2D eigenvalue weighted by atomic mass is 16.5. The number of rotatable bonds is 8. The Balaban J connectivity index is 2.57. The normalized spacial score (nSPS) is 13.0. The summed E-state index contributed by atoms with van der Waals surface area (Å²) in [5, 5.41) is 3.24. The Hall–Kier alpha value is -1.07. The summed E-state index contributed by atoms with van der Waals surface area (Å²) in [6.45, 7) is 7.87. The highest BCUT2D eigenvalue weighted by Crippen LogP contribution is 2.07. The molecule has 1 atom stereocenters. The topological polar surface area (TPSA) is 42.3 Å². The van der Waals surface area contributed by atoms with Crippen LogP contribution < -0.4 is 5.32 Å². The van der Waals surface area contributed by atoms with Crippen LogP contribution in [0.4, 0.5) is 5.95 Å². The van der Waals surface area contributed by atoms with Crippen LogP contribution in [0, 0.1) is 0 Å². The van der Waals surface area contributed by atoms with Crippen LogP contribution in [0.1, 0.15) is 13.8 Å². The molecule has 0 saturated carbocycles. The fourth-order valence-electron chi connectivity index (χ4n) is 1.68. The number of ether oxygens (including phenoxy) is 1. The van der Waals surface area contributed by atoms with Crippen molar-refractivity contribution in [3.63, 3.8) is 0 Å². The zero-order valence-electron chi connectivity index (χ0n) is 11.3. The molecule has 0 aliphatic heterocycles. The number of methoxy groups -OCH3 is 1. The van der Waals surface area contributed by atoms with E-state index in [4.69, 9.17) is 4.74 Å². The Morgan fingerprint density at radius 2 is 2.29 bits per heavy atom. The lowest BCUT2D eigenvalue weighted by Gasteiger charge is -2.22. The first-order valence-corrected chi connectivity index (χ1v) is 6.17. The molecular weight excluding hydrogens is 216 g/mol. The van der Waals surface area contributed by atoms with E-state index in [0.717, 1.165) is 32.1 Å². The molecule has 0 aliphatic carbocycles. The summed E-state index contributed by atoms with van der Waals surface area (Å²) in [4.78, 5) is 6.52. The molecule has 0 fully saturated rings. The van der Waals surface area contributed by atoms with Gasteiger partial charge in [-0.25, -0.2) is 4.98 Å². The number of nitrogens with zero attached hydrogens (tertiary/aromatic N) is 3. The van der Waals surface area contributed by atoms with E-state index >= 15 is 0 Å². The standard InChI is InChI=1S/C12H24N4O/c1-5-13-12-14-7-8-16(12)10-11(17-4)9-15(3)6-2/h7-8,11H,5-6,9-10H2,1-4H3,(H,13,14). The Morgan fingerprint density at radius 1 is 1.53 bits per heavy atom. The van der Waals surface area contributed by atoms with Crippen molar-refractivity contribution in [2.24, 2.45) is 0 Å². The van der Waals surface area contributed by atoms with Crippen molar-refractivity contribution >= 4 is 5.95 Å². The minimum absolute atomic E-state index is 0.187. The average molecular weight is 240 g/mol. The van der Waals surface area contributed by atoms with Gasteiger partial charge in [-0.05, 0) is 20.5 Å². The summed E-state index contributed by atoms with van der Waals surface area (Å²) in [5.41, 5.74) is 0. The SMILES string of the molecule is CCNc1nccn1CC(CN(C)CC)OC. The summed E-state index contributed by atoms with van der Waals surface area (Å²) in [6.07, 6.45) is 3.98. The molecule has 1 aromatic rings. The van der Waals surface area contributed by atoms with Gasteiger partial charge in [0.25, 0.3) is 0 Å². The minimum atomic E-state index is 0.187. The lowest BCUT2D eigenvalue weighted by molar-refractivity contribution is 0.0607. The second kappa shape index (κ2) is 7.29. The van der Waals surface area contributed by atoms with Gasteiger partial charge in [0.2, 0.25) is 5.95 Å². The van der Waals surface area contributed by atoms with Crippen LogP contribution in [0.3, 0.4) is 0 Å². The third kappa shape index (κ3) is 4.36. The first-order chi connectivity index (χ1) is 8.21. The molecule has 1 heterocycles. The van der Waals surface area contributed by atoms with Crippen molar-refractivity contribution in [2.75, 3.05) is 39.1 Å². The number of hydrogen-bond acceptors (Lipinski definition) is 4. The van der Waals surface area contributed by atoms with Gasteiger partial charge < -0.3 is 19.5 Å². The van der Waals surface area contributed by atoms with Crippen molar-refractivity contribution in [3.8, 4) is 0 Å². The van der Waals surface area contributed by atoms with Gasteiger partial charge in [0.05, 0.1) is 12.6 Å². The van der Waals surface area contributed by atoms with Gasteiger partial charge in [-0.15, -0.1) is 0 Å². The highest BCUT2D eigenvalue weighted by molar-refractivity contribution is 5.25. The van der Waals surface area contributed by atoms with Crippen LogP contribution in [0.2, 0.25) is 0 Å². The molecular formula is C12H24N4O. The minimum Gasteiger partial charge on any atom is -0.378 e. The monoisotopic (exact) mass is 240 g/mol. The maximum atomic E-state index is 5.51. The molecule has 0 aliphatic rings. The maximum Gasteiger partial charge on any atom is 0.202 e. The Kier molecular flexibility index (Phi) is 6.00. The molecule has 1 rings (SSSR count). The molecule has 1 aromatic heterocycles. The summed E-state index contributed by atoms with van der Waals surface area (Å²) in [5.74, 6) is 0.911. The number of aromatic nitrogens is 2. The predicted octanol–water partition coefficient (Wildman–Crippen LogP) is 1.28. The molecule has 0 aromatic carbocycles. The summed E-state index contributed by atoms with van der Waals surface area (Å²) >= 11 is 0. The maximum absolute atomic E-state index is 5.51. The lowest BCUT2D eigenvalue weighted by Crippen LogP contribution is -2.33. The van der Waals surface area contributed by atoms with Gasteiger partial charge >= 0.3 is 0 Å². The number of nitrogens with one attached hydrogen (secondary N) is 1. The van der Waals surface area contributed by atoms with Gasteiger partial charge in [0.1, 0.15) is 0 Å². The number of hydrogen-bond donors (Lipinski definition) is 1. The Bertz CT molecular complexity index is 313. The van der Waals surface area contributed by atoms with E-state index in [1.165, 1.54) is 0 Å². The molecule has 0 amide bonds. The van der Waals surface area contributed by atoms with Gasteiger partial charge in [-0.2, -0.15) is 0 Å². The van der Waals surface area contributed by atoms with E-state index in [0.29, 0.717) is 0 Å². The number of anilines is 1. The zero-order valence-corrected chi connectivity index (χ0v) is 11.3. The molecule has 0 bridgehead atoms. The second-order valence-corrected chi connectivity index (χ2v) is 4.15. The van der Waals surface area contributed by atoms with Crippen LogP contribution >= 0.6 is 0 Å². The van der Waals surface area contributed by atoms with Crippen molar-refractivity contribution in [1.82, 2.24) is 14.5 Å². The molecule has 1 unspecified atom stereocenters. The largest absolute Gasteiger partial charge is 0.378 e. The van der Waals surface area contributed by atoms with E-state index < -0.39 is 0 Å². The molecule has 1 N–H and O–H groups in total. The van der Waals surface area contributed by atoms with Crippen LogP contribution in [0.25, 0.3) is 0 Å². The van der Waals surface area contributed by atoms with Crippen LogP contribution in [0.15, 0.2) is 12.4 Å². The number of likely N-dealkylation sites (N-methyl/N-ethyl adjacent to an activating group) is 1. The fraction of sp³-hybridized carbons (Fsp3) is 0.750. The van der Waals surface area contributed by atoms with E-state index in [9.17, 15) is 0 Å². The molecule has 0 radical (unpaired) electrons. The van der Waals surface area contributed by atoms with Gasteiger partial charge in [-0.1, -0.05) is 6.92 Å². The van der Waals surface area contributed by atoms with Gasteiger partial charge in [0, 0.05) is 32.6 Å². The van der Waals surface area contributed by atoms with Crippen molar-refractivity contribution in [2.45, 2.75) is 26.5 Å². The van der Waals surface area contributed by atoms with Gasteiger partial charge in [0.15, 0.2) is 0 Å². The molecule has 5 nitrogen and oxygen atoms in total. The van der Waals surface area contributed by atoms with Gasteiger partial charge in [-0.3, -0.25) is 0 Å². The van der Waals surface area contributed by atoms with Crippen molar-refractivity contribution < 1.29 is 4.74 Å².